The number of anilines is 2. The molecule has 0 radical (unpaired) electrons. The van der Waals surface area contributed by atoms with Gasteiger partial charge in [0.15, 0.2) is 0 Å². The van der Waals surface area contributed by atoms with Gasteiger partial charge in [0.1, 0.15) is 11.4 Å². The number of aromatic hydroxyl groups is 1. The van der Waals surface area contributed by atoms with Crippen LogP contribution in [0.25, 0.3) is 0 Å². The molecule has 10 heteroatoms. The molecule has 27 heavy (non-hydrogen) atoms. The van der Waals surface area contributed by atoms with E-state index in [1.165, 1.54) is 12.3 Å². The number of rotatable bonds is 8. The van der Waals surface area contributed by atoms with Crippen molar-refractivity contribution >= 4 is 29.0 Å². The number of hydrogen-bond donors (Lipinski definition) is 2. The minimum Gasteiger partial charge on any atom is -0.507 e. The molecule has 0 saturated heterocycles. The fourth-order valence-electron chi connectivity index (χ4n) is 2.48. The van der Waals surface area contributed by atoms with Crippen LogP contribution in [0, 0.1) is 20.2 Å². The lowest BCUT2D eigenvalue weighted by Gasteiger charge is -2.21. The van der Waals surface area contributed by atoms with Crippen LogP contribution in [-0.4, -0.2) is 34.3 Å². The summed E-state index contributed by atoms with van der Waals surface area (Å²) in [5, 5.41) is 35.8. The highest BCUT2D eigenvalue weighted by Gasteiger charge is 2.19. The first-order valence-corrected chi connectivity index (χ1v) is 8.17. The maximum atomic E-state index is 11.1. The van der Waals surface area contributed by atoms with Crippen molar-refractivity contribution in [2.45, 2.75) is 13.8 Å². The van der Waals surface area contributed by atoms with Crippen LogP contribution in [0.5, 0.6) is 5.75 Å². The lowest BCUT2D eigenvalue weighted by Crippen LogP contribution is -2.21. The first-order valence-electron chi connectivity index (χ1n) is 8.17. The van der Waals surface area contributed by atoms with Gasteiger partial charge in [-0.3, -0.25) is 25.7 Å². The van der Waals surface area contributed by atoms with Crippen molar-refractivity contribution in [2.24, 2.45) is 5.10 Å². The fourth-order valence-corrected chi connectivity index (χ4v) is 2.48. The third kappa shape index (κ3) is 4.69. The molecule has 10 nitrogen and oxygen atoms in total. The molecule has 0 aliphatic carbocycles. The molecule has 0 atom stereocenters. The molecular formula is C17H19N5O5. The number of nitrogens with zero attached hydrogens (tertiary/aromatic N) is 4. The predicted molar refractivity (Wildman–Crippen MR) is 103 cm³/mol. The van der Waals surface area contributed by atoms with Gasteiger partial charge in [-0.15, -0.1) is 0 Å². The van der Waals surface area contributed by atoms with E-state index in [-0.39, 0.29) is 17.1 Å². The Hall–Kier alpha value is -3.69. The molecule has 0 fully saturated rings. The van der Waals surface area contributed by atoms with Crippen LogP contribution in [0.2, 0.25) is 0 Å². The maximum absolute atomic E-state index is 11.1. The summed E-state index contributed by atoms with van der Waals surface area (Å²) < 4.78 is 0. The first-order chi connectivity index (χ1) is 12.9. The van der Waals surface area contributed by atoms with E-state index < -0.39 is 15.5 Å². The van der Waals surface area contributed by atoms with Gasteiger partial charge in [-0.25, -0.2) is 0 Å². The Balaban J connectivity index is 2.26. The Bertz CT molecular complexity index is 880. The predicted octanol–water partition coefficient (Wildman–Crippen LogP) is 3.50. The molecule has 2 N–H and O–H groups in total. The smallest absolute Gasteiger partial charge is 0.301 e. The van der Waals surface area contributed by atoms with Gasteiger partial charge in [-0.05, 0) is 38.1 Å². The van der Waals surface area contributed by atoms with Crippen LogP contribution in [0.15, 0.2) is 41.5 Å². The number of hydrazone groups is 1. The Kier molecular flexibility index (Phi) is 6.26. The van der Waals surface area contributed by atoms with E-state index in [0.717, 1.165) is 30.9 Å². The second-order valence-corrected chi connectivity index (χ2v) is 5.50. The molecule has 0 amide bonds. The standard InChI is InChI=1S/C17H19N5O5/c1-3-20(4-2)13-6-8-17(23)12(9-13)11-18-19-15-7-5-14(21(24)25)10-16(15)22(26)27/h5-11,19,23H,3-4H2,1-2H3. The zero-order valence-electron chi connectivity index (χ0n) is 14.8. The summed E-state index contributed by atoms with van der Waals surface area (Å²) in [5.41, 5.74) is 2.97. The van der Waals surface area contributed by atoms with Gasteiger partial charge in [0, 0.05) is 30.4 Å². The third-order valence-electron chi connectivity index (χ3n) is 3.92. The highest BCUT2D eigenvalue weighted by atomic mass is 16.6. The van der Waals surface area contributed by atoms with Crippen LogP contribution in [0.3, 0.4) is 0 Å². The van der Waals surface area contributed by atoms with Gasteiger partial charge < -0.3 is 10.0 Å². The molecule has 0 aromatic heterocycles. The SMILES string of the molecule is CCN(CC)c1ccc(O)c(C=NNc2ccc([N+](=O)[O-])cc2[N+](=O)[O-])c1. The lowest BCUT2D eigenvalue weighted by atomic mass is 10.1. The van der Waals surface area contributed by atoms with Gasteiger partial charge in [0.25, 0.3) is 5.69 Å². The summed E-state index contributed by atoms with van der Waals surface area (Å²) in [6, 6.07) is 8.29. The van der Waals surface area contributed by atoms with E-state index >= 15 is 0 Å². The summed E-state index contributed by atoms with van der Waals surface area (Å²) in [6.45, 7) is 5.62. The molecule has 0 aliphatic heterocycles. The van der Waals surface area contributed by atoms with Gasteiger partial charge in [-0.1, -0.05) is 0 Å². The summed E-state index contributed by atoms with van der Waals surface area (Å²) >= 11 is 0. The molecule has 0 saturated carbocycles. The Labute approximate surface area is 155 Å². The summed E-state index contributed by atoms with van der Waals surface area (Å²) in [4.78, 5) is 22.5. The van der Waals surface area contributed by atoms with Crippen molar-refractivity contribution in [1.29, 1.82) is 0 Å². The van der Waals surface area contributed by atoms with E-state index in [1.807, 2.05) is 13.8 Å². The fraction of sp³-hybridized carbons (Fsp3) is 0.235. The zero-order valence-corrected chi connectivity index (χ0v) is 14.8. The van der Waals surface area contributed by atoms with Crippen LogP contribution < -0.4 is 10.3 Å². The number of benzene rings is 2. The van der Waals surface area contributed by atoms with E-state index in [4.69, 9.17) is 0 Å². The Morgan fingerprint density at radius 2 is 1.81 bits per heavy atom. The van der Waals surface area contributed by atoms with Crippen LogP contribution in [0.1, 0.15) is 19.4 Å². The van der Waals surface area contributed by atoms with E-state index in [0.29, 0.717) is 5.56 Å². The maximum Gasteiger partial charge on any atom is 0.301 e. The second-order valence-electron chi connectivity index (χ2n) is 5.50. The molecule has 0 heterocycles. The molecule has 0 spiro atoms. The normalized spacial score (nSPS) is 10.7. The largest absolute Gasteiger partial charge is 0.507 e. The molecule has 0 bridgehead atoms. The van der Waals surface area contributed by atoms with Gasteiger partial charge in [-0.2, -0.15) is 5.10 Å². The number of non-ortho nitro benzene ring substituents is 1. The summed E-state index contributed by atoms with van der Waals surface area (Å²) in [5.74, 6) is 0.00894. The zero-order chi connectivity index (χ0) is 20.0. The second kappa shape index (κ2) is 8.61. The molecule has 2 aromatic rings. The number of nitro benzene ring substituents is 2. The minimum atomic E-state index is -0.733. The van der Waals surface area contributed by atoms with Gasteiger partial charge in [0.05, 0.1) is 22.1 Å². The van der Waals surface area contributed by atoms with E-state index in [9.17, 15) is 25.3 Å². The third-order valence-corrected chi connectivity index (χ3v) is 3.92. The quantitative estimate of drug-likeness (QED) is 0.411. The minimum absolute atomic E-state index is 0.00115. The lowest BCUT2D eigenvalue weighted by molar-refractivity contribution is -0.393. The summed E-state index contributed by atoms with van der Waals surface area (Å²) in [7, 11) is 0. The van der Waals surface area contributed by atoms with Crippen molar-refractivity contribution in [2.75, 3.05) is 23.4 Å². The number of phenols is 1. The van der Waals surface area contributed by atoms with Gasteiger partial charge >= 0.3 is 5.69 Å². The Morgan fingerprint density at radius 1 is 1.11 bits per heavy atom. The topological polar surface area (TPSA) is 134 Å². The van der Waals surface area contributed by atoms with Crippen LogP contribution in [-0.2, 0) is 0 Å². The van der Waals surface area contributed by atoms with Crippen molar-refractivity contribution in [1.82, 2.24) is 0 Å². The molecule has 0 unspecified atom stereocenters. The number of hydrogen-bond acceptors (Lipinski definition) is 8. The number of nitro groups is 2. The highest BCUT2D eigenvalue weighted by molar-refractivity contribution is 5.86. The van der Waals surface area contributed by atoms with Crippen molar-refractivity contribution in [3.8, 4) is 5.75 Å². The number of phenolic OH excluding ortho intramolecular Hbond substituents is 1. The molecule has 142 valence electrons. The molecular weight excluding hydrogens is 354 g/mol. The first kappa shape index (κ1) is 19.6. The van der Waals surface area contributed by atoms with E-state index in [1.54, 1.807) is 18.2 Å². The molecule has 0 aliphatic rings. The Morgan fingerprint density at radius 3 is 2.41 bits per heavy atom. The monoisotopic (exact) mass is 373 g/mol. The van der Waals surface area contributed by atoms with Crippen molar-refractivity contribution < 1.29 is 15.0 Å². The van der Waals surface area contributed by atoms with Crippen LogP contribution >= 0.6 is 0 Å². The average molecular weight is 373 g/mol. The van der Waals surface area contributed by atoms with Crippen molar-refractivity contribution in [3.05, 3.63) is 62.2 Å². The molecule has 2 rings (SSSR count). The van der Waals surface area contributed by atoms with Gasteiger partial charge in [0.2, 0.25) is 0 Å². The highest BCUT2D eigenvalue weighted by Crippen LogP contribution is 2.29. The van der Waals surface area contributed by atoms with Crippen LogP contribution in [0.4, 0.5) is 22.7 Å². The van der Waals surface area contributed by atoms with Crippen molar-refractivity contribution in [3.63, 3.8) is 0 Å². The van der Waals surface area contributed by atoms with E-state index in [2.05, 4.69) is 15.4 Å². The summed E-state index contributed by atoms with van der Waals surface area (Å²) in [6.07, 6.45) is 1.33. The number of nitrogens with one attached hydrogen (secondary N) is 1. The molecule has 2 aromatic carbocycles. The average Bonchev–Trinajstić information content (AvgIpc) is 2.64.